The lowest BCUT2D eigenvalue weighted by Crippen LogP contribution is -2.40. The van der Waals surface area contributed by atoms with E-state index in [9.17, 15) is 14.4 Å². The van der Waals surface area contributed by atoms with Crippen LogP contribution < -0.4 is 16.3 Å². The minimum atomic E-state index is -0.485. The van der Waals surface area contributed by atoms with Crippen LogP contribution in [0.3, 0.4) is 0 Å². The molecule has 0 bridgehead atoms. The lowest BCUT2D eigenvalue weighted by Gasteiger charge is -2.28. The molecule has 10 heteroatoms. The normalized spacial score (nSPS) is 17.9. The number of carbonyl (C=O) groups excluding carboxylic acids is 2. The first kappa shape index (κ1) is 23.3. The van der Waals surface area contributed by atoms with E-state index in [0.717, 1.165) is 42.8 Å². The molecule has 1 aliphatic carbocycles. The Morgan fingerprint density at radius 1 is 1.30 bits per heavy atom. The van der Waals surface area contributed by atoms with Gasteiger partial charge in [0.25, 0.3) is 12.4 Å². The summed E-state index contributed by atoms with van der Waals surface area (Å²) in [5.41, 5.74) is 0.893. The number of aryl methyl sites for hydroxylation is 1. The highest BCUT2D eigenvalue weighted by molar-refractivity contribution is 7.09. The second kappa shape index (κ2) is 11.9. The summed E-state index contributed by atoms with van der Waals surface area (Å²) in [7, 11) is 0. The molecule has 2 aromatic heterocycles. The molecule has 0 unspecified atom stereocenters. The predicted octanol–water partition coefficient (Wildman–Crippen LogP) is 1.96. The maximum Gasteiger partial charge on any atom is 0.335 e. The second-order valence-corrected chi connectivity index (χ2v) is 7.72. The number of thiazole rings is 1. The quantitative estimate of drug-likeness (QED) is 0.590. The lowest BCUT2D eigenvalue weighted by molar-refractivity contribution is -0.126. The molecule has 2 amide bonds. The fourth-order valence-electron chi connectivity index (χ4n) is 3.16. The van der Waals surface area contributed by atoms with Gasteiger partial charge in [-0.05, 0) is 38.2 Å². The Bertz CT molecular complexity index is 881. The topological polar surface area (TPSA) is 139 Å². The molecule has 0 aliphatic heterocycles. The van der Waals surface area contributed by atoms with Gasteiger partial charge in [0.2, 0.25) is 5.91 Å². The van der Waals surface area contributed by atoms with Crippen molar-refractivity contribution in [2.75, 3.05) is 0 Å². The molecule has 0 spiro atoms. The summed E-state index contributed by atoms with van der Waals surface area (Å²) >= 11 is 1.57. The summed E-state index contributed by atoms with van der Waals surface area (Å²) in [5, 5.41) is 15.7. The van der Waals surface area contributed by atoms with E-state index in [1.165, 1.54) is 18.4 Å². The van der Waals surface area contributed by atoms with Crippen LogP contribution in [0.2, 0.25) is 0 Å². The maximum absolute atomic E-state index is 12.4. The van der Waals surface area contributed by atoms with Crippen molar-refractivity contribution < 1.29 is 23.9 Å². The van der Waals surface area contributed by atoms with Crippen molar-refractivity contribution in [2.45, 2.75) is 51.6 Å². The number of nitrogens with zero attached hydrogens (tertiary/aromatic N) is 1. The molecular weight excluding hydrogens is 410 g/mol. The van der Waals surface area contributed by atoms with E-state index in [1.807, 2.05) is 5.38 Å². The zero-order chi connectivity index (χ0) is 21.9. The number of rotatable bonds is 6. The van der Waals surface area contributed by atoms with E-state index in [0.29, 0.717) is 12.1 Å². The number of hydrogen-bond donors (Lipinski definition) is 3. The van der Waals surface area contributed by atoms with Crippen LogP contribution in [-0.2, 0) is 22.6 Å². The smallest absolute Gasteiger partial charge is 0.335 e. The van der Waals surface area contributed by atoms with Gasteiger partial charge in [-0.1, -0.05) is 6.92 Å². The summed E-state index contributed by atoms with van der Waals surface area (Å²) in [5.74, 6) is -0.237. The number of carboxylic acid groups (broad SMARTS) is 1. The first-order valence-electron chi connectivity index (χ1n) is 9.65. The van der Waals surface area contributed by atoms with E-state index in [-0.39, 0.29) is 30.2 Å². The van der Waals surface area contributed by atoms with Crippen LogP contribution in [0.5, 0.6) is 0 Å². The predicted molar refractivity (Wildman–Crippen MR) is 110 cm³/mol. The van der Waals surface area contributed by atoms with Gasteiger partial charge in [0.15, 0.2) is 0 Å². The molecule has 162 valence electrons. The number of hydrogen-bond acceptors (Lipinski definition) is 7. The van der Waals surface area contributed by atoms with Crippen LogP contribution in [0.4, 0.5) is 0 Å². The van der Waals surface area contributed by atoms with E-state index in [2.05, 4.69) is 22.5 Å². The molecule has 0 saturated heterocycles. The highest BCUT2D eigenvalue weighted by Gasteiger charge is 2.27. The Morgan fingerprint density at radius 3 is 2.57 bits per heavy atom. The third-order valence-electron chi connectivity index (χ3n) is 4.77. The molecule has 30 heavy (non-hydrogen) atoms. The first-order valence-corrected chi connectivity index (χ1v) is 10.5. The Hall–Kier alpha value is -3.01. The highest BCUT2D eigenvalue weighted by Crippen LogP contribution is 2.25. The molecule has 1 saturated carbocycles. The minimum Gasteiger partial charge on any atom is -0.483 e. The fraction of sp³-hybridized carbons (Fsp3) is 0.450. The third-order valence-corrected chi connectivity index (χ3v) is 5.67. The van der Waals surface area contributed by atoms with Crippen molar-refractivity contribution in [1.82, 2.24) is 15.6 Å². The van der Waals surface area contributed by atoms with Crippen LogP contribution in [-0.4, -0.2) is 34.4 Å². The van der Waals surface area contributed by atoms with Crippen molar-refractivity contribution in [3.8, 4) is 0 Å². The van der Waals surface area contributed by atoms with Crippen LogP contribution in [0, 0.1) is 5.92 Å². The zero-order valence-corrected chi connectivity index (χ0v) is 17.4. The first-order chi connectivity index (χ1) is 14.5. The van der Waals surface area contributed by atoms with Gasteiger partial charge < -0.3 is 20.2 Å². The third kappa shape index (κ3) is 7.11. The SMILES string of the molecule is CCc1csc(CNC(=O)C2CCC(NC(=O)c3ccc(=O)oc3)CC2)n1.O=CO. The average Bonchev–Trinajstić information content (AvgIpc) is 3.22. The Kier molecular flexibility index (Phi) is 9.20. The van der Waals surface area contributed by atoms with E-state index in [4.69, 9.17) is 14.3 Å². The van der Waals surface area contributed by atoms with Crippen molar-refractivity contribution in [1.29, 1.82) is 0 Å². The Balaban J connectivity index is 0.00000101. The lowest BCUT2D eigenvalue weighted by atomic mass is 9.85. The van der Waals surface area contributed by atoms with E-state index in [1.54, 1.807) is 11.3 Å². The van der Waals surface area contributed by atoms with Crippen molar-refractivity contribution in [3.63, 3.8) is 0 Å². The molecule has 0 atom stereocenters. The summed E-state index contributed by atoms with van der Waals surface area (Å²) in [6, 6.07) is 2.70. The van der Waals surface area contributed by atoms with E-state index >= 15 is 0 Å². The highest BCUT2D eigenvalue weighted by atomic mass is 32.1. The standard InChI is InChI=1S/C19H23N3O4S.CH2O2/c1-2-14-11-27-16(21-14)9-20-18(24)12-3-6-15(7-4-12)22-19(25)13-5-8-17(23)26-10-13;2-1-3/h5,8,10-12,15H,2-4,6-7,9H2,1H3,(H,20,24)(H,22,25);1H,(H,2,3). The van der Waals surface area contributed by atoms with Gasteiger partial charge in [0.1, 0.15) is 11.3 Å². The number of carbonyl (C=O) groups is 3. The van der Waals surface area contributed by atoms with Crippen molar-refractivity contribution in [3.05, 3.63) is 50.5 Å². The van der Waals surface area contributed by atoms with Gasteiger partial charge in [-0.3, -0.25) is 14.4 Å². The fourth-order valence-corrected chi connectivity index (χ4v) is 3.97. The number of amides is 2. The van der Waals surface area contributed by atoms with Gasteiger partial charge >= 0.3 is 5.63 Å². The summed E-state index contributed by atoms with van der Waals surface area (Å²) < 4.78 is 4.72. The molecule has 1 aliphatic rings. The molecule has 0 aromatic carbocycles. The van der Waals surface area contributed by atoms with Gasteiger partial charge in [-0.15, -0.1) is 11.3 Å². The molecule has 1 fully saturated rings. The van der Waals surface area contributed by atoms with Gasteiger partial charge in [0, 0.05) is 23.4 Å². The average molecular weight is 436 g/mol. The van der Waals surface area contributed by atoms with Crippen molar-refractivity contribution in [2.24, 2.45) is 5.92 Å². The largest absolute Gasteiger partial charge is 0.483 e. The Morgan fingerprint density at radius 2 is 2.00 bits per heavy atom. The number of aromatic nitrogens is 1. The van der Waals surface area contributed by atoms with E-state index < -0.39 is 5.63 Å². The number of nitrogens with one attached hydrogen (secondary N) is 2. The molecule has 2 heterocycles. The van der Waals surface area contributed by atoms with Gasteiger partial charge in [-0.2, -0.15) is 0 Å². The maximum atomic E-state index is 12.4. The van der Waals surface area contributed by atoms with Crippen LogP contribution in [0.1, 0.15) is 53.7 Å². The summed E-state index contributed by atoms with van der Waals surface area (Å²) in [6.45, 7) is 2.28. The second-order valence-electron chi connectivity index (χ2n) is 6.77. The minimum absolute atomic E-state index is 0.0274. The van der Waals surface area contributed by atoms with Gasteiger partial charge in [0.05, 0.1) is 17.8 Å². The molecule has 0 radical (unpaired) electrons. The molecular formula is C20H25N3O6S. The molecule has 9 nitrogen and oxygen atoms in total. The Labute approximate surface area is 177 Å². The van der Waals surface area contributed by atoms with Crippen LogP contribution in [0.15, 0.2) is 33.0 Å². The van der Waals surface area contributed by atoms with Gasteiger partial charge in [-0.25, -0.2) is 9.78 Å². The molecule has 3 N–H and O–H groups in total. The van der Waals surface area contributed by atoms with Crippen LogP contribution in [0.25, 0.3) is 0 Å². The molecule has 2 aromatic rings. The van der Waals surface area contributed by atoms with Crippen molar-refractivity contribution >= 4 is 29.6 Å². The summed E-state index contributed by atoms with van der Waals surface area (Å²) in [4.78, 5) is 48.3. The zero-order valence-electron chi connectivity index (χ0n) is 16.6. The molecule has 3 rings (SSSR count). The monoisotopic (exact) mass is 435 g/mol. The summed E-state index contributed by atoms with van der Waals surface area (Å²) in [6.07, 6.45) is 5.03. The van der Waals surface area contributed by atoms with Crippen LogP contribution >= 0.6 is 11.3 Å².